The average molecular weight is 269 g/mol. The van der Waals surface area contributed by atoms with Gasteiger partial charge in [-0.05, 0) is 20.3 Å². The topological polar surface area (TPSA) is 44.8 Å². The van der Waals surface area contributed by atoms with E-state index in [4.69, 9.17) is 4.74 Å². The van der Waals surface area contributed by atoms with Gasteiger partial charge in [0.1, 0.15) is 0 Å². The summed E-state index contributed by atoms with van der Waals surface area (Å²) in [5.41, 5.74) is 0. The van der Waals surface area contributed by atoms with Gasteiger partial charge in [0.2, 0.25) is 5.91 Å². The Labute approximate surface area is 116 Å². The predicted molar refractivity (Wildman–Crippen MR) is 75.1 cm³/mol. The quantitative estimate of drug-likeness (QED) is 0.797. The van der Waals surface area contributed by atoms with Crippen molar-refractivity contribution in [3.63, 3.8) is 0 Å². The smallest absolute Gasteiger partial charge is 0.222 e. The number of hydrogen-bond acceptors (Lipinski definition) is 4. The molecule has 0 bridgehead atoms. The minimum atomic E-state index is 0.262. The van der Waals surface area contributed by atoms with Crippen molar-refractivity contribution in [2.24, 2.45) is 0 Å². The Morgan fingerprint density at radius 3 is 2.89 bits per heavy atom. The van der Waals surface area contributed by atoms with Crippen LogP contribution in [0.3, 0.4) is 0 Å². The molecule has 2 atom stereocenters. The number of ether oxygens (including phenoxy) is 1. The van der Waals surface area contributed by atoms with Gasteiger partial charge in [-0.2, -0.15) is 0 Å². The molecule has 0 saturated carbocycles. The van der Waals surface area contributed by atoms with Crippen molar-refractivity contribution in [1.82, 2.24) is 15.1 Å². The van der Waals surface area contributed by atoms with Crippen molar-refractivity contribution in [3.05, 3.63) is 0 Å². The van der Waals surface area contributed by atoms with Gasteiger partial charge in [0.05, 0.1) is 12.7 Å². The lowest BCUT2D eigenvalue weighted by atomic mass is 10.1. The maximum Gasteiger partial charge on any atom is 0.222 e. The summed E-state index contributed by atoms with van der Waals surface area (Å²) in [4.78, 5) is 15.7. The molecule has 0 spiro atoms. The van der Waals surface area contributed by atoms with Crippen LogP contribution in [0.4, 0.5) is 0 Å². The van der Waals surface area contributed by atoms with Crippen LogP contribution in [0.15, 0.2) is 0 Å². The fourth-order valence-corrected chi connectivity index (χ4v) is 2.81. The van der Waals surface area contributed by atoms with Crippen molar-refractivity contribution in [3.8, 4) is 0 Å². The number of carbonyl (C=O) groups excluding carboxylic acids is 1. The third-order valence-corrected chi connectivity index (χ3v) is 4.16. The van der Waals surface area contributed by atoms with Crippen molar-refractivity contribution < 1.29 is 9.53 Å². The van der Waals surface area contributed by atoms with E-state index in [1.165, 1.54) is 0 Å². The number of nitrogens with zero attached hydrogens (tertiary/aromatic N) is 2. The summed E-state index contributed by atoms with van der Waals surface area (Å²) in [7, 11) is 1.88. The molecule has 0 radical (unpaired) electrons. The van der Waals surface area contributed by atoms with E-state index in [0.29, 0.717) is 18.5 Å². The fraction of sp³-hybridized carbons (Fsp3) is 0.929. The molecule has 2 unspecified atom stereocenters. The predicted octanol–water partition coefficient (Wildman–Crippen LogP) is 0.306. The van der Waals surface area contributed by atoms with Gasteiger partial charge >= 0.3 is 0 Å². The van der Waals surface area contributed by atoms with Gasteiger partial charge in [0.15, 0.2) is 0 Å². The van der Waals surface area contributed by atoms with Gasteiger partial charge in [-0.1, -0.05) is 0 Å². The highest BCUT2D eigenvalue weighted by Crippen LogP contribution is 2.11. The minimum Gasteiger partial charge on any atom is -0.374 e. The molecule has 5 nitrogen and oxygen atoms in total. The van der Waals surface area contributed by atoms with Crippen LogP contribution in [-0.4, -0.2) is 73.7 Å². The Kier molecular flexibility index (Phi) is 5.19. The summed E-state index contributed by atoms with van der Waals surface area (Å²) in [6, 6.07) is 1.01. The third kappa shape index (κ3) is 4.16. The van der Waals surface area contributed by atoms with Crippen LogP contribution in [0, 0.1) is 0 Å². The number of piperidine rings is 1. The molecule has 2 fully saturated rings. The Hall–Kier alpha value is -0.650. The van der Waals surface area contributed by atoms with E-state index in [1.807, 2.05) is 11.9 Å². The Morgan fingerprint density at radius 1 is 1.42 bits per heavy atom. The first-order valence-corrected chi connectivity index (χ1v) is 7.39. The van der Waals surface area contributed by atoms with E-state index in [-0.39, 0.29) is 12.0 Å². The molecular formula is C14H27N3O2. The van der Waals surface area contributed by atoms with E-state index in [2.05, 4.69) is 24.1 Å². The van der Waals surface area contributed by atoms with Gasteiger partial charge < -0.3 is 15.0 Å². The summed E-state index contributed by atoms with van der Waals surface area (Å²) in [6.45, 7) is 9.04. The molecular weight excluding hydrogens is 242 g/mol. The molecule has 5 heteroatoms. The number of likely N-dealkylation sites (tertiary alicyclic amines) is 1. The van der Waals surface area contributed by atoms with Crippen LogP contribution in [0.2, 0.25) is 0 Å². The maximum absolute atomic E-state index is 11.4. The second kappa shape index (κ2) is 6.68. The fourth-order valence-electron chi connectivity index (χ4n) is 2.81. The summed E-state index contributed by atoms with van der Waals surface area (Å²) >= 11 is 0. The van der Waals surface area contributed by atoms with Crippen LogP contribution in [0.1, 0.15) is 26.7 Å². The number of nitrogens with one attached hydrogen (secondary N) is 1. The molecule has 19 heavy (non-hydrogen) atoms. The molecule has 2 saturated heterocycles. The van der Waals surface area contributed by atoms with Gasteiger partial charge in [-0.15, -0.1) is 0 Å². The minimum absolute atomic E-state index is 0.262. The molecule has 0 aromatic carbocycles. The first kappa shape index (κ1) is 14.8. The second-order valence-corrected chi connectivity index (χ2v) is 6.00. The van der Waals surface area contributed by atoms with Crippen molar-refractivity contribution in [2.45, 2.75) is 44.9 Å². The lowest BCUT2D eigenvalue weighted by Gasteiger charge is -2.37. The number of morpholine rings is 1. The van der Waals surface area contributed by atoms with E-state index >= 15 is 0 Å². The molecule has 2 heterocycles. The summed E-state index contributed by atoms with van der Waals surface area (Å²) in [5, 5.41) is 3.56. The summed E-state index contributed by atoms with van der Waals surface area (Å²) in [6.07, 6.45) is 1.89. The number of likely N-dealkylation sites (N-methyl/N-ethyl adjacent to an activating group) is 1. The lowest BCUT2D eigenvalue weighted by Crippen LogP contribution is -2.53. The molecule has 0 aromatic rings. The molecule has 0 aliphatic carbocycles. The SMILES string of the molecule is CC(C)N1CCOC(CNC2CCC(=O)N(C)C2)C1. The number of hydrogen-bond donors (Lipinski definition) is 1. The van der Waals surface area contributed by atoms with Gasteiger partial charge in [0, 0.05) is 51.7 Å². The summed E-state index contributed by atoms with van der Waals surface area (Å²) < 4.78 is 5.81. The maximum atomic E-state index is 11.4. The highest BCUT2D eigenvalue weighted by atomic mass is 16.5. The Morgan fingerprint density at radius 2 is 2.21 bits per heavy atom. The molecule has 110 valence electrons. The van der Waals surface area contributed by atoms with Crippen LogP contribution in [0.5, 0.6) is 0 Å². The Bertz CT molecular complexity index is 309. The van der Waals surface area contributed by atoms with Crippen molar-refractivity contribution in [2.75, 3.05) is 39.8 Å². The number of rotatable bonds is 4. The third-order valence-electron chi connectivity index (χ3n) is 4.16. The van der Waals surface area contributed by atoms with Crippen LogP contribution in [-0.2, 0) is 9.53 Å². The normalized spacial score (nSPS) is 30.1. The van der Waals surface area contributed by atoms with Crippen LogP contribution < -0.4 is 5.32 Å². The van der Waals surface area contributed by atoms with E-state index in [1.54, 1.807) is 0 Å². The molecule has 0 aromatic heterocycles. The first-order chi connectivity index (χ1) is 9.06. The average Bonchev–Trinajstić information content (AvgIpc) is 2.40. The number of amides is 1. The van der Waals surface area contributed by atoms with E-state index in [0.717, 1.165) is 39.2 Å². The highest BCUT2D eigenvalue weighted by molar-refractivity contribution is 5.76. The van der Waals surface area contributed by atoms with Gasteiger partial charge in [-0.3, -0.25) is 9.69 Å². The molecule has 2 aliphatic rings. The molecule has 1 amide bonds. The van der Waals surface area contributed by atoms with Crippen molar-refractivity contribution >= 4 is 5.91 Å². The molecule has 2 rings (SSSR count). The van der Waals surface area contributed by atoms with Gasteiger partial charge in [-0.25, -0.2) is 0 Å². The van der Waals surface area contributed by atoms with Crippen LogP contribution in [0.25, 0.3) is 0 Å². The van der Waals surface area contributed by atoms with Crippen molar-refractivity contribution in [1.29, 1.82) is 0 Å². The largest absolute Gasteiger partial charge is 0.374 e. The first-order valence-electron chi connectivity index (χ1n) is 7.39. The number of carbonyl (C=O) groups is 1. The molecule has 1 N–H and O–H groups in total. The van der Waals surface area contributed by atoms with E-state index in [9.17, 15) is 4.79 Å². The second-order valence-electron chi connectivity index (χ2n) is 6.00. The van der Waals surface area contributed by atoms with E-state index < -0.39 is 0 Å². The highest BCUT2D eigenvalue weighted by Gasteiger charge is 2.25. The Balaban J connectivity index is 1.71. The van der Waals surface area contributed by atoms with Gasteiger partial charge in [0.25, 0.3) is 0 Å². The molecule has 2 aliphatic heterocycles. The zero-order valence-corrected chi connectivity index (χ0v) is 12.4. The lowest BCUT2D eigenvalue weighted by molar-refractivity contribution is -0.132. The monoisotopic (exact) mass is 269 g/mol. The standard InChI is InChI=1S/C14H27N3O2/c1-11(2)17-6-7-19-13(10-17)8-15-12-4-5-14(18)16(3)9-12/h11-13,15H,4-10H2,1-3H3. The van der Waals surface area contributed by atoms with Crippen LogP contribution >= 0.6 is 0 Å². The zero-order valence-electron chi connectivity index (χ0n) is 12.4. The zero-order chi connectivity index (χ0) is 13.8. The summed E-state index contributed by atoms with van der Waals surface area (Å²) in [5.74, 6) is 0.262.